The third kappa shape index (κ3) is 2.19. The highest BCUT2D eigenvalue weighted by Gasteiger charge is 2.54. The number of nitrogens with zero attached hydrogens (tertiary/aromatic N) is 1. The van der Waals surface area contributed by atoms with Crippen LogP contribution in [0.2, 0.25) is 0 Å². The quantitative estimate of drug-likeness (QED) is 0.798. The fraction of sp³-hybridized carbons (Fsp3) is 0.900. The highest BCUT2D eigenvalue weighted by Crippen LogP contribution is 2.37. The van der Waals surface area contributed by atoms with Gasteiger partial charge in [0.1, 0.15) is 5.54 Å². The minimum Gasteiger partial charge on any atom is -0.394 e. The zero-order valence-electron chi connectivity index (χ0n) is 9.16. The molecule has 0 amide bonds. The van der Waals surface area contributed by atoms with Gasteiger partial charge >= 0.3 is 6.36 Å². The van der Waals surface area contributed by atoms with Crippen molar-refractivity contribution in [2.45, 2.75) is 24.7 Å². The molecule has 0 unspecified atom stereocenters. The summed E-state index contributed by atoms with van der Waals surface area (Å²) in [6, 6.07) is 0. The summed E-state index contributed by atoms with van der Waals surface area (Å²) in [5, 5.41) is 9.32. The number of hydrogen-bond acceptors (Lipinski definition) is 4. The Balaban J connectivity index is 2.15. The zero-order valence-corrected chi connectivity index (χ0v) is 9.16. The summed E-state index contributed by atoms with van der Waals surface area (Å²) < 4.78 is 39.9. The number of rotatable bonds is 3. The third-order valence-corrected chi connectivity index (χ3v) is 3.67. The van der Waals surface area contributed by atoms with Crippen LogP contribution in [0, 0.1) is 5.92 Å². The van der Waals surface area contributed by atoms with Crippen molar-refractivity contribution in [1.82, 2.24) is 4.90 Å². The van der Waals surface area contributed by atoms with Gasteiger partial charge in [-0.3, -0.25) is 14.4 Å². The number of ketones is 1. The molecule has 0 aliphatic carbocycles. The summed E-state index contributed by atoms with van der Waals surface area (Å²) >= 11 is 0. The Bertz CT molecular complexity index is 312. The van der Waals surface area contributed by atoms with Gasteiger partial charge in [0, 0.05) is 5.92 Å². The van der Waals surface area contributed by atoms with E-state index >= 15 is 0 Å². The zero-order chi connectivity index (χ0) is 12.7. The summed E-state index contributed by atoms with van der Waals surface area (Å²) in [6.45, 7) is -0.364. The molecule has 1 N–H and O–H groups in total. The van der Waals surface area contributed by atoms with E-state index in [0.717, 1.165) is 0 Å². The van der Waals surface area contributed by atoms with E-state index in [2.05, 4.69) is 4.74 Å². The Morgan fingerprint density at radius 1 is 1.41 bits per heavy atom. The molecule has 3 fully saturated rings. The van der Waals surface area contributed by atoms with Crippen LogP contribution in [0.15, 0.2) is 0 Å². The maximum atomic E-state index is 12.1. The first-order chi connectivity index (χ1) is 7.89. The lowest BCUT2D eigenvalue weighted by Gasteiger charge is -2.51. The van der Waals surface area contributed by atoms with Gasteiger partial charge in [-0.2, -0.15) is 0 Å². The van der Waals surface area contributed by atoms with Gasteiger partial charge in [0.2, 0.25) is 0 Å². The van der Waals surface area contributed by atoms with Crippen molar-refractivity contribution < 1.29 is 27.8 Å². The molecular weight excluding hydrogens is 239 g/mol. The standard InChI is InChI=1S/C10H14F3NO3/c11-10(12,13)17-6-9(5-15)8(16)7-1-3-14(9)4-2-7/h7,15H,1-6H2/t9-/m1/s1. The number of fused-ring (bicyclic) bond motifs is 3. The van der Waals surface area contributed by atoms with Gasteiger partial charge < -0.3 is 5.11 Å². The van der Waals surface area contributed by atoms with Gasteiger partial charge in [0.05, 0.1) is 13.2 Å². The first kappa shape index (κ1) is 12.8. The van der Waals surface area contributed by atoms with Crippen molar-refractivity contribution in [2.75, 3.05) is 26.3 Å². The highest BCUT2D eigenvalue weighted by molar-refractivity contribution is 5.92. The van der Waals surface area contributed by atoms with Gasteiger partial charge in [-0.25, -0.2) is 0 Å². The van der Waals surface area contributed by atoms with E-state index < -0.39 is 25.1 Å². The Hall–Kier alpha value is -0.660. The van der Waals surface area contributed by atoms with Crippen LogP contribution < -0.4 is 0 Å². The molecule has 2 bridgehead atoms. The number of Topliss-reactive ketones (excluding diaryl/α,β-unsaturated/α-hetero) is 1. The van der Waals surface area contributed by atoms with Crippen LogP contribution in [0.3, 0.4) is 0 Å². The fourth-order valence-corrected chi connectivity index (χ4v) is 2.69. The second kappa shape index (κ2) is 4.22. The largest absolute Gasteiger partial charge is 0.522 e. The number of hydrogen-bond donors (Lipinski definition) is 1. The number of carbonyl (C=O) groups is 1. The van der Waals surface area contributed by atoms with Crippen molar-refractivity contribution in [2.24, 2.45) is 5.92 Å². The number of halogens is 3. The SMILES string of the molecule is O=C1C2CCN(CC2)[C@]1(CO)COC(F)(F)F. The molecule has 3 saturated heterocycles. The van der Waals surface area contributed by atoms with Gasteiger partial charge in [0.15, 0.2) is 5.78 Å². The van der Waals surface area contributed by atoms with Crippen molar-refractivity contribution in [1.29, 1.82) is 0 Å². The average molecular weight is 253 g/mol. The number of ether oxygens (including phenoxy) is 1. The average Bonchev–Trinajstić information content (AvgIpc) is 2.29. The first-order valence-electron chi connectivity index (χ1n) is 5.50. The third-order valence-electron chi connectivity index (χ3n) is 3.67. The van der Waals surface area contributed by atoms with E-state index in [9.17, 15) is 23.1 Å². The fourth-order valence-electron chi connectivity index (χ4n) is 2.69. The van der Waals surface area contributed by atoms with Crippen LogP contribution in [0.25, 0.3) is 0 Å². The Kier molecular flexibility index (Phi) is 3.17. The van der Waals surface area contributed by atoms with Crippen LogP contribution in [0.4, 0.5) is 13.2 Å². The molecule has 17 heavy (non-hydrogen) atoms. The monoisotopic (exact) mass is 253 g/mol. The van der Waals surface area contributed by atoms with E-state index in [-0.39, 0.29) is 11.7 Å². The van der Waals surface area contributed by atoms with Crippen LogP contribution in [0.1, 0.15) is 12.8 Å². The van der Waals surface area contributed by atoms with E-state index in [1.165, 1.54) is 0 Å². The van der Waals surface area contributed by atoms with Crippen molar-refractivity contribution in [3.05, 3.63) is 0 Å². The Labute approximate surface area is 96.3 Å². The molecule has 0 aromatic carbocycles. The lowest BCUT2D eigenvalue weighted by molar-refractivity contribution is -0.334. The number of carbonyl (C=O) groups excluding carboxylic acids is 1. The summed E-state index contributed by atoms with van der Waals surface area (Å²) in [5.41, 5.74) is -1.49. The number of aliphatic hydroxyl groups excluding tert-OH is 1. The molecule has 0 saturated carbocycles. The molecule has 0 aromatic rings. The van der Waals surface area contributed by atoms with Crippen molar-refractivity contribution >= 4 is 5.78 Å². The summed E-state index contributed by atoms with van der Waals surface area (Å²) in [4.78, 5) is 13.6. The molecule has 4 nitrogen and oxygen atoms in total. The van der Waals surface area contributed by atoms with Crippen molar-refractivity contribution in [3.8, 4) is 0 Å². The van der Waals surface area contributed by atoms with Gasteiger partial charge in [-0.05, 0) is 25.9 Å². The maximum Gasteiger partial charge on any atom is 0.522 e. The molecule has 3 rings (SSSR count). The number of aliphatic hydroxyl groups is 1. The second-order valence-corrected chi connectivity index (χ2v) is 4.55. The Morgan fingerprint density at radius 2 is 2.00 bits per heavy atom. The minimum absolute atomic E-state index is 0.232. The molecule has 7 heteroatoms. The molecular formula is C10H14F3NO3. The molecule has 3 aliphatic rings. The topological polar surface area (TPSA) is 49.8 Å². The number of piperidine rings is 3. The number of alkyl halides is 3. The van der Waals surface area contributed by atoms with Gasteiger partial charge in [-0.1, -0.05) is 0 Å². The lowest BCUT2D eigenvalue weighted by atomic mass is 9.74. The normalized spacial score (nSPS) is 37.5. The molecule has 3 heterocycles. The van der Waals surface area contributed by atoms with Crippen LogP contribution >= 0.6 is 0 Å². The molecule has 0 spiro atoms. The van der Waals surface area contributed by atoms with Crippen LogP contribution in [-0.4, -0.2) is 54.0 Å². The molecule has 1 atom stereocenters. The summed E-state index contributed by atoms with van der Waals surface area (Å²) in [6.07, 6.45) is -3.46. The molecule has 0 aromatic heterocycles. The lowest BCUT2D eigenvalue weighted by Crippen LogP contribution is -2.69. The van der Waals surface area contributed by atoms with E-state index in [1.54, 1.807) is 4.90 Å². The van der Waals surface area contributed by atoms with Crippen molar-refractivity contribution in [3.63, 3.8) is 0 Å². The molecule has 98 valence electrons. The van der Waals surface area contributed by atoms with Crippen LogP contribution in [-0.2, 0) is 9.53 Å². The van der Waals surface area contributed by atoms with E-state index in [4.69, 9.17) is 0 Å². The summed E-state index contributed by atoms with van der Waals surface area (Å²) in [7, 11) is 0. The smallest absolute Gasteiger partial charge is 0.394 e. The highest BCUT2D eigenvalue weighted by atomic mass is 19.4. The van der Waals surface area contributed by atoms with Gasteiger partial charge in [0.25, 0.3) is 0 Å². The maximum absolute atomic E-state index is 12.1. The minimum atomic E-state index is -4.78. The second-order valence-electron chi connectivity index (χ2n) is 4.55. The molecule has 3 aliphatic heterocycles. The predicted octanol–water partition coefficient (Wildman–Crippen LogP) is 0.549. The van der Waals surface area contributed by atoms with Crippen LogP contribution in [0.5, 0.6) is 0 Å². The van der Waals surface area contributed by atoms with E-state index in [1.807, 2.05) is 0 Å². The molecule has 0 radical (unpaired) electrons. The Morgan fingerprint density at radius 3 is 2.41 bits per heavy atom. The predicted molar refractivity (Wildman–Crippen MR) is 51.1 cm³/mol. The first-order valence-corrected chi connectivity index (χ1v) is 5.50. The van der Waals surface area contributed by atoms with E-state index in [0.29, 0.717) is 25.9 Å². The summed E-state index contributed by atoms with van der Waals surface area (Å²) in [5.74, 6) is -0.550. The van der Waals surface area contributed by atoms with Gasteiger partial charge in [-0.15, -0.1) is 13.2 Å².